The molecule has 110 valence electrons. The molecule has 0 fully saturated rings. The van der Waals surface area contributed by atoms with Crippen molar-refractivity contribution in [2.45, 2.75) is 16.7 Å². The van der Waals surface area contributed by atoms with Crippen LogP contribution in [0.25, 0.3) is 0 Å². The van der Waals surface area contributed by atoms with Crippen LogP contribution in [0.2, 0.25) is 10.0 Å². The Morgan fingerprint density at radius 1 is 1.24 bits per heavy atom. The van der Waals surface area contributed by atoms with Crippen molar-refractivity contribution in [2.24, 2.45) is 0 Å². The van der Waals surface area contributed by atoms with Crippen molar-refractivity contribution in [3.63, 3.8) is 0 Å². The van der Waals surface area contributed by atoms with Crippen molar-refractivity contribution in [3.05, 3.63) is 56.6 Å². The zero-order chi connectivity index (χ0) is 15.4. The standard InChI is InChI=1S/C14H12Cl2N2O2S/c1-2-17-11-4-3-5-12(14(11)18(19)20)21-13-8-9(15)6-7-10(13)16/h3-8,17H,2H2,1H3. The molecule has 0 spiro atoms. The van der Waals surface area contributed by atoms with E-state index in [4.69, 9.17) is 23.2 Å². The molecule has 1 N–H and O–H groups in total. The zero-order valence-electron chi connectivity index (χ0n) is 11.1. The maximum atomic E-state index is 11.4. The number of anilines is 1. The molecule has 0 heterocycles. The van der Waals surface area contributed by atoms with Crippen LogP contribution in [0.3, 0.4) is 0 Å². The summed E-state index contributed by atoms with van der Waals surface area (Å²) >= 11 is 13.3. The Labute approximate surface area is 136 Å². The molecule has 21 heavy (non-hydrogen) atoms. The van der Waals surface area contributed by atoms with Gasteiger partial charge < -0.3 is 5.32 Å². The van der Waals surface area contributed by atoms with Crippen molar-refractivity contribution in [2.75, 3.05) is 11.9 Å². The lowest BCUT2D eigenvalue weighted by Crippen LogP contribution is -2.02. The van der Waals surface area contributed by atoms with E-state index in [1.54, 1.807) is 36.4 Å². The lowest BCUT2D eigenvalue weighted by Gasteiger charge is -2.09. The van der Waals surface area contributed by atoms with Gasteiger partial charge in [-0.15, -0.1) is 0 Å². The molecule has 4 nitrogen and oxygen atoms in total. The van der Waals surface area contributed by atoms with Crippen molar-refractivity contribution in [1.29, 1.82) is 0 Å². The Morgan fingerprint density at radius 3 is 2.67 bits per heavy atom. The highest BCUT2D eigenvalue weighted by Crippen LogP contribution is 2.42. The monoisotopic (exact) mass is 342 g/mol. The first-order chi connectivity index (χ1) is 10.0. The molecule has 0 bridgehead atoms. The van der Waals surface area contributed by atoms with E-state index >= 15 is 0 Å². The van der Waals surface area contributed by atoms with Gasteiger partial charge in [-0.1, -0.05) is 41.0 Å². The predicted molar refractivity (Wildman–Crippen MR) is 87.8 cm³/mol. The van der Waals surface area contributed by atoms with Gasteiger partial charge in [-0.3, -0.25) is 10.1 Å². The molecular formula is C14H12Cl2N2O2S. The van der Waals surface area contributed by atoms with Crippen LogP contribution in [-0.4, -0.2) is 11.5 Å². The highest BCUT2D eigenvalue weighted by atomic mass is 35.5. The molecule has 0 aliphatic heterocycles. The molecule has 7 heteroatoms. The number of nitrogens with one attached hydrogen (secondary N) is 1. The number of para-hydroxylation sites is 1. The molecule has 2 aromatic carbocycles. The molecule has 2 rings (SSSR count). The maximum absolute atomic E-state index is 11.4. The molecule has 0 amide bonds. The second-order valence-corrected chi connectivity index (χ2v) is 6.04. The van der Waals surface area contributed by atoms with Gasteiger partial charge in [-0.2, -0.15) is 0 Å². The summed E-state index contributed by atoms with van der Waals surface area (Å²) in [5.41, 5.74) is 0.533. The third-order valence-electron chi connectivity index (χ3n) is 2.66. The van der Waals surface area contributed by atoms with Gasteiger partial charge in [0.25, 0.3) is 0 Å². The molecule has 0 aliphatic rings. The summed E-state index contributed by atoms with van der Waals surface area (Å²) in [6.07, 6.45) is 0. The van der Waals surface area contributed by atoms with Crippen LogP contribution in [0.5, 0.6) is 0 Å². The van der Waals surface area contributed by atoms with E-state index in [9.17, 15) is 10.1 Å². The quantitative estimate of drug-likeness (QED) is 0.576. The zero-order valence-corrected chi connectivity index (χ0v) is 13.4. The van der Waals surface area contributed by atoms with Crippen LogP contribution in [0.1, 0.15) is 6.92 Å². The molecule has 0 aliphatic carbocycles. The van der Waals surface area contributed by atoms with Gasteiger partial charge in [0.2, 0.25) is 0 Å². The van der Waals surface area contributed by atoms with E-state index in [2.05, 4.69) is 5.32 Å². The topological polar surface area (TPSA) is 55.2 Å². The van der Waals surface area contributed by atoms with Crippen LogP contribution < -0.4 is 5.32 Å². The molecule has 0 saturated carbocycles. The minimum absolute atomic E-state index is 0.0420. The van der Waals surface area contributed by atoms with Crippen LogP contribution in [0, 0.1) is 10.1 Å². The minimum Gasteiger partial charge on any atom is -0.380 e. The van der Waals surface area contributed by atoms with Crippen molar-refractivity contribution < 1.29 is 4.92 Å². The van der Waals surface area contributed by atoms with Gasteiger partial charge in [-0.05, 0) is 37.3 Å². The number of halogens is 2. The maximum Gasteiger partial charge on any atom is 0.306 e. The van der Waals surface area contributed by atoms with Crippen molar-refractivity contribution >= 4 is 46.3 Å². The molecule has 2 aromatic rings. The van der Waals surface area contributed by atoms with Crippen molar-refractivity contribution in [3.8, 4) is 0 Å². The third kappa shape index (κ3) is 3.81. The summed E-state index contributed by atoms with van der Waals surface area (Å²) in [5.74, 6) is 0. The van der Waals surface area contributed by atoms with Gasteiger partial charge in [0, 0.05) is 16.5 Å². The molecule has 0 unspecified atom stereocenters. The number of nitro benzene ring substituents is 1. The number of rotatable bonds is 5. The lowest BCUT2D eigenvalue weighted by atomic mass is 10.2. The van der Waals surface area contributed by atoms with E-state index in [0.29, 0.717) is 32.1 Å². The number of benzene rings is 2. The number of nitrogens with zero attached hydrogens (tertiary/aromatic N) is 1. The van der Waals surface area contributed by atoms with E-state index in [0.717, 1.165) is 0 Å². The smallest absolute Gasteiger partial charge is 0.306 e. The molecule has 0 aromatic heterocycles. The number of hydrogen-bond donors (Lipinski definition) is 1. The first-order valence-electron chi connectivity index (χ1n) is 6.17. The first-order valence-corrected chi connectivity index (χ1v) is 7.74. The fraction of sp³-hybridized carbons (Fsp3) is 0.143. The number of nitro groups is 1. The van der Waals surface area contributed by atoms with Gasteiger partial charge >= 0.3 is 5.69 Å². The molecule has 0 atom stereocenters. The molecular weight excluding hydrogens is 331 g/mol. The lowest BCUT2D eigenvalue weighted by molar-refractivity contribution is -0.386. The Morgan fingerprint density at radius 2 is 2.00 bits per heavy atom. The second kappa shape index (κ2) is 7.02. The van der Waals surface area contributed by atoms with Crippen LogP contribution in [0.15, 0.2) is 46.2 Å². The summed E-state index contributed by atoms with van der Waals surface area (Å²) in [5, 5.41) is 15.4. The Balaban J connectivity index is 2.46. The SMILES string of the molecule is CCNc1cccc(Sc2cc(Cl)ccc2Cl)c1[N+](=O)[O-]. The van der Waals surface area contributed by atoms with E-state index in [1.165, 1.54) is 11.8 Å². The van der Waals surface area contributed by atoms with Crippen molar-refractivity contribution in [1.82, 2.24) is 0 Å². The third-order valence-corrected chi connectivity index (χ3v) is 4.45. The first kappa shape index (κ1) is 15.9. The summed E-state index contributed by atoms with van der Waals surface area (Å²) in [4.78, 5) is 12.2. The molecule has 0 saturated heterocycles. The van der Waals surface area contributed by atoms with Crippen LogP contribution in [0.4, 0.5) is 11.4 Å². The highest BCUT2D eigenvalue weighted by molar-refractivity contribution is 7.99. The molecule has 0 radical (unpaired) electrons. The summed E-state index contributed by atoms with van der Waals surface area (Å²) in [6, 6.07) is 10.2. The average Bonchev–Trinajstić information content (AvgIpc) is 2.43. The summed E-state index contributed by atoms with van der Waals surface area (Å²) in [6.45, 7) is 2.49. The Hall–Kier alpha value is -1.43. The van der Waals surface area contributed by atoms with Gasteiger partial charge in [0.05, 0.1) is 14.8 Å². The largest absolute Gasteiger partial charge is 0.380 e. The average molecular weight is 343 g/mol. The minimum atomic E-state index is -0.390. The summed E-state index contributed by atoms with van der Waals surface area (Å²) < 4.78 is 0. The predicted octanol–water partition coefficient (Wildman–Crippen LogP) is 5.48. The highest BCUT2D eigenvalue weighted by Gasteiger charge is 2.20. The Bertz CT molecular complexity index is 680. The number of hydrogen-bond acceptors (Lipinski definition) is 4. The fourth-order valence-electron chi connectivity index (χ4n) is 1.80. The van der Waals surface area contributed by atoms with E-state index in [1.807, 2.05) is 6.92 Å². The van der Waals surface area contributed by atoms with E-state index in [-0.39, 0.29) is 5.69 Å². The van der Waals surface area contributed by atoms with Gasteiger partial charge in [0.1, 0.15) is 5.69 Å². The van der Waals surface area contributed by atoms with Crippen LogP contribution >= 0.6 is 35.0 Å². The van der Waals surface area contributed by atoms with Gasteiger partial charge in [-0.25, -0.2) is 0 Å². The summed E-state index contributed by atoms with van der Waals surface area (Å²) in [7, 11) is 0. The normalized spacial score (nSPS) is 10.4. The second-order valence-electron chi connectivity index (χ2n) is 4.12. The van der Waals surface area contributed by atoms with Gasteiger partial charge in [0.15, 0.2) is 0 Å². The Kier molecular flexibility index (Phi) is 5.33. The van der Waals surface area contributed by atoms with Crippen LogP contribution in [-0.2, 0) is 0 Å². The van der Waals surface area contributed by atoms with E-state index < -0.39 is 4.92 Å². The fourth-order valence-corrected chi connectivity index (χ4v) is 3.29.